The summed E-state index contributed by atoms with van der Waals surface area (Å²) in [5, 5.41) is 4.09. The van der Waals surface area contributed by atoms with Gasteiger partial charge in [-0.05, 0) is 25.1 Å². The van der Waals surface area contributed by atoms with E-state index in [-0.39, 0.29) is 0 Å². The Hall–Kier alpha value is -2.63. The van der Waals surface area contributed by atoms with Crippen LogP contribution in [0.15, 0.2) is 24.4 Å². The molecule has 0 unspecified atom stereocenters. The van der Waals surface area contributed by atoms with Crippen LogP contribution in [0.25, 0.3) is 16.7 Å². The summed E-state index contributed by atoms with van der Waals surface area (Å²) in [6, 6.07) is 5.65. The lowest BCUT2D eigenvalue weighted by Gasteiger charge is -2.03. The van der Waals surface area contributed by atoms with Crippen molar-refractivity contribution >= 4 is 23.1 Å². The number of aldehydes is 1. The fraction of sp³-hybridized carbons (Fsp3) is 0.0833. The molecule has 0 aliphatic carbocycles. The molecule has 0 aliphatic heterocycles. The Morgan fingerprint density at radius 1 is 1.44 bits per heavy atom. The maximum Gasteiger partial charge on any atom is 0.155 e. The molecule has 18 heavy (non-hydrogen) atoms. The SMILES string of the molecule is Cc1nc2cc(-n3ncc(C=O)c3N)ccc2[nH]1. The number of carbonyl (C=O) groups is 1. The van der Waals surface area contributed by atoms with Gasteiger partial charge in [-0.1, -0.05) is 0 Å². The number of hydrogen-bond donors (Lipinski definition) is 2. The minimum atomic E-state index is 0.330. The molecule has 0 fully saturated rings. The third-order valence-corrected chi connectivity index (χ3v) is 2.79. The van der Waals surface area contributed by atoms with E-state index in [1.807, 2.05) is 25.1 Å². The molecule has 90 valence electrons. The van der Waals surface area contributed by atoms with E-state index >= 15 is 0 Å². The first kappa shape index (κ1) is 10.5. The van der Waals surface area contributed by atoms with Crippen LogP contribution in [0.3, 0.4) is 0 Å². The number of hydrogen-bond acceptors (Lipinski definition) is 4. The van der Waals surface area contributed by atoms with Gasteiger partial charge in [0.2, 0.25) is 0 Å². The number of nitrogens with zero attached hydrogens (tertiary/aromatic N) is 3. The Balaban J connectivity index is 2.18. The number of fused-ring (bicyclic) bond motifs is 1. The first-order chi connectivity index (χ1) is 8.69. The molecule has 0 atom stereocenters. The number of carbonyl (C=O) groups excluding carboxylic acids is 1. The van der Waals surface area contributed by atoms with Crippen molar-refractivity contribution in [3.8, 4) is 5.69 Å². The van der Waals surface area contributed by atoms with Gasteiger partial charge in [0.15, 0.2) is 6.29 Å². The van der Waals surface area contributed by atoms with Gasteiger partial charge < -0.3 is 10.7 Å². The predicted molar refractivity (Wildman–Crippen MR) is 67.8 cm³/mol. The van der Waals surface area contributed by atoms with E-state index in [4.69, 9.17) is 5.73 Å². The van der Waals surface area contributed by atoms with Crippen LogP contribution < -0.4 is 5.73 Å². The molecule has 1 aromatic carbocycles. The number of aryl methyl sites for hydroxylation is 1. The molecule has 0 saturated heterocycles. The van der Waals surface area contributed by atoms with Crippen molar-refractivity contribution in [2.75, 3.05) is 5.73 Å². The quantitative estimate of drug-likeness (QED) is 0.664. The third-order valence-electron chi connectivity index (χ3n) is 2.79. The number of imidazole rings is 1. The Kier molecular flexibility index (Phi) is 2.16. The summed E-state index contributed by atoms with van der Waals surface area (Å²) in [6.07, 6.45) is 2.14. The normalized spacial score (nSPS) is 10.9. The van der Waals surface area contributed by atoms with Crippen molar-refractivity contribution < 1.29 is 4.79 Å². The number of benzene rings is 1. The maximum atomic E-state index is 10.7. The van der Waals surface area contributed by atoms with Crippen molar-refractivity contribution in [3.63, 3.8) is 0 Å². The summed E-state index contributed by atoms with van der Waals surface area (Å²) in [5.74, 6) is 1.18. The summed E-state index contributed by atoms with van der Waals surface area (Å²) in [6.45, 7) is 1.90. The average molecular weight is 241 g/mol. The zero-order chi connectivity index (χ0) is 12.7. The second-order valence-corrected chi connectivity index (χ2v) is 4.04. The molecule has 6 nitrogen and oxygen atoms in total. The van der Waals surface area contributed by atoms with Crippen molar-refractivity contribution in [1.82, 2.24) is 19.7 Å². The summed E-state index contributed by atoms with van der Waals surface area (Å²) >= 11 is 0. The predicted octanol–water partition coefficient (Wildman–Crippen LogP) is 1.45. The molecule has 3 N–H and O–H groups in total. The molecular weight excluding hydrogens is 230 g/mol. The Bertz CT molecular complexity index is 740. The number of aromatic amines is 1. The van der Waals surface area contributed by atoms with Crippen molar-refractivity contribution in [1.29, 1.82) is 0 Å². The first-order valence-electron chi connectivity index (χ1n) is 5.44. The summed E-state index contributed by atoms with van der Waals surface area (Å²) in [5.41, 5.74) is 8.79. The minimum absolute atomic E-state index is 0.330. The van der Waals surface area contributed by atoms with Gasteiger partial charge in [0.1, 0.15) is 11.6 Å². The van der Waals surface area contributed by atoms with Gasteiger partial charge in [0, 0.05) is 0 Å². The van der Waals surface area contributed by atoms with Gasteiger partial charge in [-0.15, -0.1) is 0 Å². The molecule has 6 heteroatoms. The lowest BCUT2D eigenvalue weighted by molar-refractivity contribution is 0.112. The maximum absolute atomic E-state index is 10.7. The Morgan fingerprint density at radius 3 is 3.00 bits per heavy atom. The van der Waals surface area contributed by atoms with Gasteiger partial charge in [-0.2, -0.15) is 5.10 Å². The van der Waals surface area contributed by atoms with Crippen LogP contribution in [0.1, 0.15) is 16.2 Å². The van der Waals surface area contributed by atoms with E-state index in [1.54, 1.807) is 0 Å². The smallest absolute Gasteiger partial charge is 0.155 e. The molecule has 0 saturated carbocycles. The van der Waals surface area contributed by atoms with E-state index in [1.165, 1.54) is 10.9 Å². The number of H-pyrrole nitrogens is 1. The number of nitrogen functional groups attached to an aromatic ring is 1. The monoisotopic (exact) mass is 241 g/mol. The lowest BCUT2D eigenvalue weighted by Crippen LogP contribution is -2.02. The zero-order valence-electron chi connectivity index (χ0n) is 9.71. The second kappa shape index (κ2) is 3.69. The highest BCUT2D eigenvalue weighted by atomic mass is 16.1. The summed E-state index contributed by atoms with van der Waals surface area (Å²) < 4.78 is 1.52. The fourth-order valence-electron chi connectivity index (χ4n) is 1.92. The first-order valence-corrected chi connectivity index (χ1v) is 5.44. The second-order valence-electron chi connectivity index (χ2n) is 4.04. The van der Waals surface area contributed by atoms with Gasteiger partial charge >= 0.3 is 0 Å². The van der Waals surface area contributed by atoms with E-state index in [9.17, 15) is 4.79 Å². The lowest BCUT2D eigenvalue weighted by atomic mass is 10.2. The van der Waals surface area contributed by atoms with Gasteiger partial charge in [-0.3, -0.25) is 4.79 Å². The molecule has 0 bridgehead atoms. The van der Waals surface area contributed by atoms with Gasteiger partial charge in [-0.25, -0.2) is 9.67 Å². The number of aromatic nitrogens is 4. The van der Waals surface area contributed by atoms with Gasteiger partial charge in [0.25, 0.3) is 0 Å². The molecule has 3 rings (SSSR count). The van der Waals surface area contributed by atoms with Crippen LogP contribution in [-0.4, -0.2) is 26.0 Å². The summed E-state index contributed by atoms with van der Waals surface area (Å²) in [4.78, 5) is 18.2. The molecule has 0 amide bonds. The standard InChI is InChI=1S/C12H11N5O/c1-7-15-10-3-2-9(4-11(10)16-7)17-12(13)8(6-18)5-14-17/h2-6H,13H2,1H3,(H,15,16). The summed E-state index contributed by atoms with van der Waals surface area (Å²) in [7, 11) is 0. The number of nitrogens with one attached hydrogen (secondary N) is 1. The molecule has 2 heterocycles. The van der Waals surface area contributed by atoms with E-state index in [2.05, 4.69) is 15.1 Å². The van der Waals surface area contributed by atoms with Crippen LogP contribution in [0.5, 0.6) is 0 Å². The highest BCUT2D eigenvalue weighted by Crippen LogP contribution is 2.19. The molecule has 0 aliphatic rings. The minimum Gasteiger partial charge on any atom is -0.383 e. The number of anilines is 1. The number of rotatable bonds is 2. The highest BCUT2D eigenvalue weighted by molar-refractivity contribution is 5.83. The Morgan fingerprint density at radius 2 is 2.28 bits per heavy atom. The van der Waals surface area contributed by atoms with E-state index in [0.29, 0.717) is 17.7 Å². The van der Waals surface area contributed by atoms with E-state index < -0.39 is 0 Å². The Labute approximate surface area is 102 Å². The van der Waals surface area contributed by atoms with Crippen LogP contribution >= 0.6 is 0 Å². The van der Waals surface area contributed by atoms with Crippen LogP contribution in [-0.2, 0) is 0 Å². The van der Waals surface area contributed by atoms with Crippen LogP contribution in [0, 0.1) is 6.92 Å². The van der Waals surface area contributed by atoms with Crippen molar-refractivity contribution in [2.24, 2.45) is 0 Å². The average Bonchev–Trinajstić information content (AvgIpc) is 2.89. The third kappa shape index (κ3) is 1.46. The molecule has 0 radical (unpaired) electrons. The van der Waals surface area contributed by atoms with Crippen molar-refractivity contribution in [2.45, 2.75) is 6.92 Å². The number of nitrogens with two attached hydrogens (primary N) is 1. The molecule has 2 aromatic heterocycles. The fourth-order valence-corrected chi connectivity index (χ4v) is 1.92. The molecular formula is C12H11N5O. The highest BCUT2D eigenvalue weighted by Gasteiger charge is 2.09. The topological polar surface area (TPSA) is 89.6 Å². The van der Waals surface area contributed by atoms with Crippen LogP contribution in [0.2, 0.25) is 0 Å². The zero-order valence-corrected chi connectivity index (χ0v) is 9.71. The molecule has 0 spiro atoms. The van der Waals surface area contributed by atoms with Gasteiger partial charge in [0.05, 0.1) is 28.5 Å². The van der Waals surface area contributed by atoms with Crippen LogP contribution in [0.4, 0.5) is 5.82 Å². The van der Waals surface area contributed by atoms with Crippen molar-refractivity contribution in [3.05, 3.63) is 35.8 Å². The largest absolute Gasteiger partial charge is 0.383 e. The van der Waals surface area contributed by atoms with E-state index in [0.717, 1.165) is 22.5 Å². The molecule has 3 aromatic rings.